The first kappa shape index (κ1) is 14.8. The number of thiophene rings is 1. The van der Waals surface area contributed by atoms with E-state index < -0.39 is 10.0 Å². The van der Waals surface area contributed by atoms with Gasteiger partial charge in [-0.2, -0.15) is 0 Å². The van der Waals surface area contributed by atoms with E-state index in [4.69, 9.17) is 17.3 Å². The number of halogens is 2. The number of anilines is 1. The molecular formula is C11H10BrClN2O2S2. The van der Waals surface area contributed by atoms with Gasteiger partial charge in [-0.05, 0) is 40.2 Å². The van der Waals surface area contributed by atoms with Gasteiger partial charge in [0.1, 0.15) is 4.90 Å². The molecule has 102 valence electrons. The SMILES string of the molecule is Nc1ccc(S(=O)(=O)NCc2cc(Br)cs2)c(Cl)c1. The summed E-state index contributed by atoms with van der Waals surface area (Å²) >= 11 is 10.7. The average molecular weight is 382 g/mol. The Labute approximate surface area is 128 Å². The predicted octanol–water partition coefficient (Wildman–Crippen LogP) is 3.22. The molecule has 0 aliphatic rings. The lowest BCUT2D eigenvalue weighted by Gasteiger charge is -2.08. The van der Waals surface area contributed by atoms with Crippen molar-refractivity contribution in [2.24, 2.45) is 0 Å². The van der Waals surface area contributed by atoms with Gasteiger partial charge in [0, 0.05) is 27.0 Å². The Hall–Kier alpha value is -0.600. The van der Waals surface area contributed by atoms with Gasteiger partial charge < -0.3 is 5.73 Å². The van der Waals surface area contributed by atoms with Gasteiger partial charge in [0.15, 0.2) is 0 Å². The minimum Gasteiger partial charge on any atom is -0.399 e. The van der Waals surface area contributed by atoms with E-state index in [-0.39, 0.29) is 16.5 Å². The largest absolute Gasteiger partial charge is 0.399 e. The highest BCUT2D eigenvalue weighted by molar-refractivity contribution is 9.10. The fourth-order valence-corrected chi connectivity index (χ4v) is 4.47. The number of nitrogens with one attached hydrogen (secondary N) is 1. The molecule has 0 fully saturated rings. The molecule has 3 N–H and O–H groups in total. The van der Waals surface area contributed by atoms with Crippen LogP contribution in [0.5, 0.6) is 0 Å². The van der Waals surface area contributed by atoms with Crippen molar-refractivity contribution in [3.63, 3.8) is 0 Å². The van der Waals surface area contributed by atoms with Gasteiger partial charge in [-0.1, -0.05) is 11.6 Å². The first-order chi connectivity index (χ1) is 8.88. The summed E-state index contributed by atoms with van der Waals surface area (Å²) in [6.07, 6.45) is 0. The van der Waals surface area contributed by atoms with Gasteiger partial charge in [-0.3, -0.25) is 0 Å². The molecule has 0 radical (unpaired) electrons. The second kappa shape index (κ2) is 5.80. The molecule has 1 heterocycles. The molecule has 2 aromatic rings. The highest BCUT2D eigenvalue weighted by Crippen LogP contribution is 2.24. The predicted molar refractivity (Wildman–Crippen MR) is 81.9 cm³/mol. The number of benzene rings is 1. The smallest absolute Gasteiger partial charge is 0.242 e. The fraction of sp³-hybridized carbons (Fsp3) is 0.0909. The number of rotatable bonds is 4. The first-order valence-corrected chi connectivity index (χ1v) is 8.69. The standard InChI is InChI=1S/C11H10BrClN2O2S2/c12-7-3-9(18-6-7)5-15-19(16,17)11-2-1-8(14)4-10(11)13/h1-4,6,15H,5,14H2. The molecular weight excluding hydrogens is 372 g/mol. The zero-order chi connectivity index (χ0) is 14.0. The molecule has 2 rings (SSSR count). The summed E-state index contributed by atoms with van der Waals surface area (Å²) in [7, 11) is -3.64. The average Bonchev–Trinajstić information content (AvgIpc) is 2.72. The van der Waals surface area contributed by atoms with Crippen molar-refractivity contribution in [3.05, 3.63) is 44.0 Å². The molecule has 1 aromatic heterocycles. The molecule has 0 bridgehead atoms. The van der Waals surface area contributed by atoms with E-state index in [0.717, 1.165) is 9.35 Å². The Morgan fingerprint density at radius 1 is 1.37 bits per heavy atom. The third-order valence-corrected chi connectivity index (χ3v) is 5.89. The van der Waals surface area contributed by atoms with Crippen LogP contribution in [0.4, 0.5) is 5.69 Å². The quantitative estimate of drug-likeness (QED) is 0.799. The highest BCUT2D eigenvalue weighted by Gasteiger charge is 2.17. The number of nitrogens with two attached hydrogens (primary N) is 1. The van der Waals surface area contributed by atoms with E-state index in [1.54, 1.807) is 0 Å². The third-order valence-electron chi connectivity index (χ3n) is 2.30. The van der Waals surface area contributed by atoms with E-state index in [1.807, 2.05) is 11.4 Å². The zero-order valence-corrected chi connectivity index (χ0v) is 13.5. The number of hydrogen-bond donors (Lipinski definition) is 2. The van der Waals surface area contributed by atoms with Crippen LogP contribution in [0.15, 0.2) is 39.0 Å². The van der Waals surface area contributed by atoms with Crippen molar-refractivity contribution in [3.8, 4) is 0 Å². The van der Waals surface area contributed by atoms with Gasteiger partial charge in [0.2, 0.25) is 10.0 Å². The second-order valence-corrected chi connectivity index (χ2v) is 7.80. The minimum absolute atomic E-state index is 0.0268. The van der Waals surface area contributed by atoms with E-state index in [9.17, 15) is 8.42 Å². The minimum atomic E-state index is -3.64. The van der Waals surface area contributed by atoms with Crippen LogP contribution in [-0.2, 0) is 16.6 Å². The lowest BCUT2D eigenvalue weighted by atomic mass is 10.3. The molecule has 0 spiro atoms. The Bertz CT molecular complexity index is 700. The topological polar surface area (TPSA) is 72.2 Å². The van der Waals surface area contributed by atoms with Gasteiger partial charge in [0.25, 0.3) is 0 Å². The van der Waals surface area contributed by atoms with E-state index >= 15 is 0 Å². The molecule has 0 unspecified atom stereocenters. The van der Waals surface area contributed by atoms with E-state index in [1.165, 1.54) is 29.5 Å². The van der Waals surface area contributed by atoms with Crippen LogP contribution in [0.3, 0.4) is 0 Å². The molecule has 1 aromatic carbocycles. The van der Waals surface area contributed by atoms with Crippen molar-refractivity contribution in [1.82, 2.24) is 4.72 Å². The van der Waals surface area contributed by atoms with Gasteiger partial charge in [-0.15, -0.1) is 11.3 Å². The third kappa shape index (κ3) is 3.70. The van der Waals surface area contributed by atoms with Crippen molar-refractivity contribution in [1.29, 1.82) is 0 Å². The highest BCUT2D eigenvalue weighted by atomic mass is 79.9. The summed E-state index contributed by atoms with van der Waals surface area (Å²) in [6, 6.07) is 6.17. The molecule has 0 atom stereocenters. The van der Waals surface area contributed by atoms with Gasteiger partial charge >= 0.3 is 0 Å². The number of sulfonamides is 1. The van der Waals surface area contributed by atoms with Gasteiger partial charge in [-0.25, -0.2) is 13.1 Å². The molecule has 0 amide bonds. The van der Waals surface area contributed by atoms with E-state index in [0.29, 0.717) is 5.69 Å². The van der Waals surface area contributed by atoms with Crippen LogP contribution in [0, 0.1) is 0 Å². The van der Waals surface area contributed by atoms with Gasteiger partial charge in [0.05, 0.1) is 5.02 Å². The first-order valence-electron chi connectivity index (χ1n) is 5.16. The maximum absolute atomic E-state index is 12.1. The molecule has 0 aliphatic carbocycles. The summed E-state index contributed by atoms with van der Waals surface area (Å²) in [5.41, 5.74) is 5.96. The molecule has 19 heavy (non-hydrogen) atoms. The molecule has 0 aliphatic heterocycles. The fourth-order valence-electron chi connectivity index (χ4n) is 1.43. The van der Waals surface area contributed by atoms with Crippen LogP contribution in [0.2, 0.25) is 5.02 Å². The molecule has 0 saturated carbocycles. The summed E-state index contributed by atoms with van der Waals surface area (Å²) in [4.78, 5) is 0.931. The molecule has 4 nitrogen and oxygen atoms in total. The van der Waals surface area contributed by atoms with E-state index in [2.05, 4.69) is 20.7 Å². The lowest BCUT2D eigenvalue weighted by Crippen LogP contribution is -2.23. The Morgan fingerprint density at radius 3 is 2.68 bits per heavy atom. The van der Waals surface area contributed by atoms with Crippen LogP contribution in [0.1, 0.15) is 4.88 Å². The van der Waals surface area contributed by atoms with Crippen LogP contribution in [-0.4, -0.2) is 8.42 Å². The zero-order valence-electron chi connectivity index (χ0n) is 9.56. The summed E-state index contributed by atoms with van der Waals surface area (Å²) in [5, 5.41) is 2.00. The number of hydrogen-bond acceptors (Lipinski definition) is 4. The van der Waals surface area contributed by atoms with Crippen LogP contribution in [0.25, 0.3) is 0 Å². The van der Waals surface area contributed by atoms with Crippen molar-refractivity contribution in [2.75, 3.05) is 5.73 Å². The van der Waals surface area contributed by atoms with Crippen molar-refractivity contribution in [2.45, 2.75) is 11.4 Å². The molecule has 8 heteroatoms. The van der Waals surface area contributed by atoms with Crippen molar-refractivity contribution < 1.29 is 8.42 Å². The Kier molecular flexibility index (Phi) is 4.52. The maximum atomic E-state index is 12.1. The Balaban J connectivity index is 2.18. The summed E-state index contributed by atoms with van der Waals surface area (Å²) < 4.78 is 27.6. The van der Waals surface area contributed by atoms with Crippen LogP contribution < -0.4 is 10.5 Å². The summed E-state index contributed by atoms with van der Waals surface area (Å²) in [6.45, 7) is 0.222. The van der Waals surface area contributed by atoms with Crippen molar-refractivity contribution >= 4 is 54.6 Å². The molecule has 0 saturated heterocycles. The normalized spacial score (nSPS) is 11.7. The monoisotopic (exact) mass is 380 g/mol. The second-order valence-electron chi connectivity index (χ2n) is 3.75. The maximum Gasteiger partial charge on any atom is 0.242 e. The summed E-state index contributed by atoms with van der Waals surface area (Å²) in [5.74, 6) is 0. The lowest BCUT2D eigenvalue weighted by molar-refractivity contribution is 0.582. The Morgan fingerprint density at radius 2 is 2.11 bits per heavy atom. The number of nitrogen functional groups attached to an aromatic ring is 1. The van der Waals surface area contributed by atoms with Crippen LogP contribution >= 0.6 is 38.9 Å².